The number of benzene rings is 2. The number of aryl methyl sites for hydroxylation is 1. The molecule has 104 valence electrons. The summed E-state index contributed by atoms with van der Waals surface area (Å²) in [6.45, 7) is 1.98. The highest BCUT2D eigenvalue weighted by molar-refractivity contribution is 9.10. The third kappa shape index (κ3) is 3.29. The third-order valence-corrected chi connectivity index (χ3v) is 3.61. The summed E-state index contributed by atoms with van der Waals surface area (Å²) >= 11 is 9.24. The fraction of sp³-hybridized carbons (Fsp3) is 0.143. The number of hydrogen-bond acceptors (Lipinski definition) is 3. The summed E-state index contributed by atoms with van der Waals surface area (Å²) in [6.07, 6.45) is 0.762. The molecule has 0 spiro atoms. The average Bonchev–Trinajstić information content (AvgIpc) is 2.42. The smallest absolute Gasteiger partial charge is 0.312 e. The van der Waals surface area contributed by atoms with E-state index in [0.717, 1.165) is 12.0 Å². The molecule has 20 heavy (non-hydrogen) atoms. The Bertz CT molecular complexity index is 661. The zero-order chi connectivity index (χ0) is 14.7. The largest absolute Gasteiger partial charge is 0.450 e. The third-order valence-electron chi connectivity index (χ3n) is 2.74. The van der Waals surface area contributed by atoms with Crippen LogP contribution in [0.1, 0.15) is 12.5 Å². The van der Waals surface area contributed by atoms with Crippen LogP contribution >= 0.6 is 27.5 Å². The van der Waals surface area contributed by atoms with Crippen molar-refractivity contribution in [2.75, 3.05) is 0 Å². The van der Waals surface area contributed by atoms with Crippen LogP contribution < -0.4 is 4.74 Å². The predicted octanol–water partition coefficient (Wildman–Crippen LogP) is 5.37. The topological polar surface area (TPSA) is 52.4 Å². The molecule has 0 heterocycles. The van der Waals surface area contributed by atoms with Crippen molar-refractivity contribution in [3.8, 4) is 11.5 Å². The van der Waals surface area contributed by atoms with Crippen molar-refractivity contribution in [1.82, 2.24) is 0 Å². The van der Waals surface area contributed by atoms with Crippen molar-refractivity contribution in [1.29, 1.82) is 0 Å². The molecule has 2 aromatic carbocycles. The number of nitro groups is 1. The molecule has 0 amide bonds. The van der Waals surface area contributed by atoms with Gasteiger partial charge in [-0.05, 0) is 42.3 Å². The van der Waals surface area contributed by atoms with E-state index in [1.54, 1.807) is 30.3 Å². The molecule has 0 aliphatic heterocycles. The van der Waals surface area contributed by atoms with Crippen molar-refractivity contribution in [3.05, 3.63) is 61.6 Å². The summed E-state index contributed by atoms with van der Waals surface area (Å²) < 4.78 is 6.23. The zero-order valence-electron chi connectivity index (χ0n) is 10.6. The Kier molecular flexibility index (Phi) is 4.62. The monoisotopic (exact) mass is 355 g/mol. The van der Waals surface area contributed by atoms with Crippen LogP contribution in [-0.4, -0.2) is 4.92 Å². The van der Waals surface area contributed by atoms with Gasteiger partial charge in [0.2, 0.25) is 5.75 Å². The second-order valence-corrected chi connectivity index (χ2v) is 5.40. The van der Waals surface area contributed by atoms with Crippen LogP contribution in [0.3, 0.4) is 0 Å². The number of halogens is 2. The maximum absolute atomic E-state index is 11.0. The molecular weight excluding hydrogens is 346 g/mol. The summed E-state index contributed by atoms with van der Waals surface area (Å²) in [5.74, 6) is 0.722. The molecular formula is C14H11BrClNO3. The maximum Gasteiger partial charge on any atom is 0.312 e. The normalized spacial score (nSPS) is 10.3. The second-order valence-electron chi connectivity index (χ2n) is 4.08. The van der Waals surface area contributed by atoms with Crippen LogP contribution in [0.15, 0.2) is 40.9 Å². The lowest BCUT2D eigenvalue weighted by Crippen LogP contribution is -1.94. The Hall–Kier alpha value is -1.59. The molecule has 0 aromatic heterocycles. The van der Waals surface area contributed by atoms with E-state index in [0.29, 0.717) is 15.2 Å². The highest BCUT2D eigenvalue weighted by atomic mass is 79.9. The molecule has 4 nitrogen and oxygen atoms in total. The van der Waals surface area contributed by atoms with Crippen LogP contribution in [0, 0.1) is 10.1 Å². The van der Waals surface area contributed by atoms with Gasteiger partial charge in [0.05, 0.1) is 4.92 Å². The van der Waals surface area contributed by atoms with E-state index < -0.39 is 4.92 Å². The molecule has 0 aliphatic rings. The van der Waals surface area contributed by atoms with Crippen molar-refractivity contribution < 1.29 is 9.66 Å². The van der Waals surface area contributed by atoms with Gasteiger partial charge in [-0.2, -0.15) is 0 Å². The first-order chi connectivity index (χ1) is 9.51. The van der Waals surface area contributed by atoms with E-state index in [9.17, 15) is 10.1 Å². The van der Waals surface area contributed by atoms with E-state index in [2.05, 4.69) is 15.9 Å². The van der Waals surface area contributed by atoms with E-state index >= 15 is 0 Å². The maximum atomic E-state index is 11.0. The van der Waals surface area contributed by atoms with Gasteiger partial charge in [-0.25, -0.2) is 0 Å². The van der Waals surface area contributed by atoms with Crippen molar-refractivity contribution >= 4 is 33.2 Å². The van der Waals surface area contributed by atoms with Crippen LogP contribution in [-0.2, 0) is 6.42 Å². The minimum Gasteiger partial charge on any atom is -0.450 e. The number of rotatable bonds is 4. The van der Waals surface area contributed by atoms with Crippen molar-refractivity contribution in [2.45, 2.75) is 13.3 Å². The van der Waals surface area contributed by atoms with E-state index in [4.69, 9.17) is 16.3 Å². The Labute approximate surface area is 129 Å². The van der Waals surface area contributed by atoms with E-state index in [1.165, 1.54) is 6.07 Å². The van der Waals surface area contributed by atoms with Gasteiger partial charge in [0.1, 0.15) is 5.75 Å². The SMILES string of the molecule is CCc1cc(Oc2ccc(Br)cc2[N+](=O)[O-])ccc1Cl. The molecule has 0 bridgehead atoms. The van der Waals surface area contributed by atoms with Gasteiger partial charge in [0.25, 0.3) is 0 Å². The van der Waals surface area contributed by atoms with Crippen LogP contribution in [0.2, 0.25) is 5.02 Å². The van der Waals surface area contributed by atoms with Crippen molar-refractivity contribution in [2.24, 2.45) is 0 Å². The zero-order valence-corrected chi connectivity index (χ0v) is 12.9. The molecule has 0 fully saturated rings. The Morgan fingerprint density at radius 2 is 2.05 bits per heavy atom. The highest BCUT2D eigenvalue weighted by Crippen LogP contribution is 2.34. The number of hydrogen-bond donors (Lipinski definition) is 0. The lowest BCUT2D eigenvalue weighted by molar-refractivity contribution is -0.385. The molecule has 6 heteroatoms. The fourth-order valence-corrected chi connectivity index (χ4v) is 2.33. The first kappa shape index (κ1) is 14.8. The molecule has 0 aliphatic carbocycles. The Balaban J connectivity index is 2.37. The summed E-state index contributed by atoms with van der Waals surface area (Å²) in [7, 11) is 0. The van der Waals surface area contributed by atoms with Crippen LogP contribution in [0.25, 0.3) is 0 Å². The molecule has 0 saturated carbocycles. The van der Waals surface area contributed by atoms with Gasteiger partial charge in [0, 0.05) is 15.6 Å². The lowest BCUT2D eigenvalue weighted by atomic mass is 10.1. The minimum atomic E-state index is -0.475. The fourth-order valence-electron chi connectivity index (χ4n) is 1.73. The summed E-state index contributed by atoms with van der Waals surface area (Å²) in [6, 6.07) is 9.86. The highest BCUT2D eigenvalue weighted by Gasteiger charge is 2.16. The number of nitro benzene ring substituents is 1. The van der Waals surface area contributed by atoms with E-state index in [-0.39, 0.29) is 11.4 Å². The second kappa shape index (κ2) is 6.24. The molecule has 0 saturated heterocycles. The first-order valence-electron chi connectivity index (χ1n) is 5.91. The van der Waals surface area contributed by atoms with E-state index in [1.807, 2.05) is 6.92 Å². The lowest BCUT2D eigenvalue weighted by Gasteiger charge is -2.09. The van der Waals surface area contributed by atoms with Gasteiger partial charge < -0.3 is 4.74 Å². The van der Waals surface area contributed by atoms with Gasteiger partial charge >= 0.3 is 5.69 Å². The Morgan fingerprint density at radius 1 is 1.30 bits per heavy atom. The molecule has 0 unspecified atom stereocenters. The quantitative estimate of drug-likeness (QED) is 0.547. The molecule has 2 rings (SSSR count). The van der Waals surface area contributed by atoms with Gasteiger partial charge in [-0.15, -0.1) is 0 Å². The molecule has 0 radical (unpaired) electrons. The van der Waals surface area contributed by atoms with Crippen LogP contribution in [0.4, 0.5) is 5.69 Å². The summed E-state index contributed by atoms with van der Waals surface area (Å²) in [4.78, 5) is 10.5. The summed E-state index contributed by atoms with van der Waals surface area (Å²) in [5, 5.41) is 11.7. The van der Waals surface area contributed by atoms with Gasteiger partial charge in [0.15, 0.2) is 0 Å². The number of nitrogens with zero attached hydrogens (tertiary/aromatic N) is 1. The first-order valence-corrected chi connectivity index (χ1v) is 7.08. The molecule has 0 N–H and O–H groups in total. The molecule has 0 atom stereocenters. The molecule has 2 aromatic rings. The number of ether oxygens (including phenoxy) is 1. The van der Waals surface area contributed by atoms with Gasteiger partial charge in [-0.1, -0.05) is 34.5 Å². The van der Waals surface area contributed by atoms with Gasteiger partial charge in [-0.3, -0.25) is 10.1 Å². The minimum absolute atomic E-state index is 0.0904. The van der Waals surface area contributed by atoms with Crippen LogP contribution in [0.5, 0.6) is 11.5 Å². The summed E-state index contributed by atoms with van der Waals surface area (Å²) in [5.41, 5.74) is 0.844. The average molecular weight is 357 g/mol. The van der Waals surface area contributed by atoms with Crippen molar-refractivity contribution in [3.63, 3.8) is 0 Å². The Morgan fingerprint density at radius 3 is 2.70 bits per heavy atom. The predicted molar refractivity (Wildman–Crippen MR) is 81.7 cm³/mol. The standard InChI is InChI=1S/C14H11BrClNO3/c1-2-9-7-11(4-5-12(9)16)20-14-6-3-10(15)8-13(14)17(18)19/h3-8H,2H2,1H3.